The summed E-state index contributed by atoms with van der Waals surface area (Å²) in [5.74, 6) is 3.06. The molecule has 9 rings (SSSR count). The molecule has 3 aromatic heterocycles. The van der Waals surface area contributed by atoms with Gasteiger partial charge in [-0.25, -0.2) is 9.97 Å². The fraction of sp³-hybridized carbons (Fsp3) is 0.120. The molecule has 58 heavy (non-hydrogen) atoms. The SMILES string of the molecule is C[N+](C)(C)c1ccc(Oc2cccc(-c3c4nc(cc5ccc([nH]5)c(-c5cccc(Oc6ccc([N+](C)(C)C)cc6)c5)c5nc(cc6ccc3[nH]6)C=C5)C=C4)c2)cc1. The molecule has 0 aliphatic carbocycles. The molecule has 5 heterocycles. The summed E-state index contributed by atoms with van der Waals surface area (Å²) in [5.41, 5.74) is 13.5. The van der Waals surface area contributed by atoms with Crippen LogP contribution in [0, 0.1) is 0 Å². The van der Waals surface area contributed by atoms with Crippen LogP contribution in [0.2, 0.25) is 0 Å². The zero-order valence-corrected chi connectivity index (χ0v) is 33.6. The van der Waals surface area contributed by atoms with Gasteiger partial charge in [0.1, 0.15) is 34.4 Å². The number of fused-ring (bicyclic) bond motifs is 8. The predicted octanol–water partition coefficient (Wildman–Crippen LogP) is 12.0. The molecule has 2 aliphatic heterocycles. The van der Waals surface area contributed by atoms with Gasteiger partial charge in [-0.2, -0.15) is 0 Å². The summed E-state index contributed by atoms with van der Waals surface area (Å²) in [6, 6.07) is 45.4. The lowest BCUT2D eigenvalue weighted by Crippen LogP contribution is -2.34. The number of nitrogens with zero attached hydrogens (tertiary/aromatic N) is 4. The maximum Gasteiger partial charge on any atom is 0.132 e. The molecule has 7 aromatic rings. The van der Waals surface area contributed by atoms with E-state index in [4.69, 9.17) is 19.4 Å². The minimum Gasteiger partial charge on any atom is -0.457 e. The monoisotopic (exact) mass is 762 g/mol. The van der Waals surface area contributed by atoms with Gasteiger partial charge in [0.15, 0.2) is 0 Å². The molecule has 0 atom stereocenters. The average molecular weight is 763 g/mol. The summed E-state index contributed by atoms with van der Waals surface area (Å²) in [4.78, 5) is 17.6. The minimum absolute atomic E-state index is 0.738. The van der Waals surface area contributed by atoms with Crippen LogP contribution in [0.15, 0.2) is 133 Å². The van der Waals surface area contributed by atoms with E-state index < -0.39 is 0 Å². The van der Waals surface area contributed by atoms with Crippen molar-refractivity contribution in [3.63, 3.8) is 0 Å². The Kier molecular flexibility index (Phi) is 9.15. The molecule has 0 saturated heterocycles. The molecule has 0 radical (unpaired) electrons. The molecule has 0 fully saturated rings. The van der Waals surface area contributed by atoms with Crippen molar-refractivity contribution in [1.29, 1.82) is 0 Å². The highest BCUT2D eigenvalue weighted by molar-refractivity contribution is 5.93. The van der Waals surface area contributed by atoms with Crippen LogP contribution in [-0.4, -0.2) is 62.2 Å². The van der Waals surface area contributed by atoms with E-state index >= 15 is 0 Å². The maximum absolute atomic E-state index is 6.38. The summed E-state index contributed by atoms with van der Waals surface area (Å²) in [6.45, 7) is 0. The van der Waals surface area contributed by atoms with Gasteiger partial charge in [-0.1, -0.05) is 24.3 Å². The highest BCUT2D eigenvalue weighted by Gasteiger charge is 2.17. The minimum atomic E-state index is 0.738. The van der Waals surface area contributed by atoms with Crippen molar-refractivity contribution in [1.82, 2.24) is 28.9 Å². The van der Waals surface area contributed by atoms with Gasteiger partial charge in [0.25, 0.3) is 0 Å². The predicted molar refractivity (Wildman–Crippen MR) is 242 cm³/mol. The van der Waals surface area contributed by atoms with Crippen molar-refractivity contribution in [2.75, 3.05) is 42.3 Å². The maximum atomic E-state index is 6.38. The Morgan fingerprint density at radius 3 is 1.22 bits per heavy atom. The fourth-order valence-corrected chi connectivity index (χ4v) is 7.31. The van der Waals surface area contributed by atoms with E-state index in [1.165, 1.54) is 11.4 Å². The molecule has 0 unspecified atom stereocenters. The Bertz CT molecular complexity index is 2700. The number of aromatic nitrogens is 4. The van der Waals surface area contributed by atoms with Crippen LogP contribution in [0.3, 0.4) is 0 Å². The molecular weight excluding hydrogens is 717 g/mol. The molecule has 8 nitrogen and oxygen atoms in total. The lowest BCUT2D eigenvalue weighted by atomic mass is 10.0. The van der Waals surface area contributed by atoms with Crippen molar-refractivity contribution >= 4 is 57.7 Å². The Hall–Kier alpha value is -7.00. The van der Waals surface area contributed by atoms with Gasteiger partial charge in [-0.15, -0.1) is 0 Å². The Labute approximate surface area is 338 Å². The highest BCUT2D eigenvalue weighted by Crippen LogP contribution is 2.36. The number of nitrogens with one attached hydrogen (secondary N) is 2. The first-order valence-corrected chi connectivity index (χ1v) is 19.4. The third-order valence-corrected chi connectivity index (χ3v) is 10.3. The van der Waals surface area contributed by atoms with Crippen LogP contribution in [0.25, 0.3) is 68.6 Å². The first-order valence-electron chi connectivity index (χ1n) is 19.4. The van der Waals surface area contributed by atoms with Crippen molar-refractivity contribution in [2.24, 2.45) is 0 Å². The molecule has 4 aromatic carbocycles. The Morgan fingerprint density at radius 1 is 0.414 bits per heavy atom. The molecule has 286 valence electrons. The lowest BCUT2D eigenvalue weighted by Gasteiger charge is -2.23. The quantitative estimate of drug-likeness (QED) is 0.151. The van der Waals surface area contributed by atoms with E-state index in [1.54, 1.807) is 0 Å². The fourth-order valence-electron chi connectivity index (χ4n) is 7.31. The van der Waals surface area contributed by atoms with Crippen molar-refractivity contribution in [2.45, 2.75) is 0 Å². The average Bonchev–Trinajstić information content (AvgIpc) is 4.03. The first-order chi connectivity index (χ1) is 27.9. The largest absolute Gasteiger partial charge is 0.457 e. The molecule has 0 spiro atoms. The molecule has 8 heteroatoms. The van der Waals surface area contributed by atoms with E-state index in [9.17, 15) is 0 Å². The van der Waals surface area contributed by atoms with Crippen molar-refractivity contribution in [3.05, 3.63) is 156 Å². The normalized spacial score (nSPS) is 12.5. The number of benzene rings is 4. The van der Waals surface area contributed by atoms with Gasteiger partial charge in [0, 0.05) is 57.5 Å². The van der Waals surface area contributed by atoms with E-state index in [1.807, 2.05) is 48.5 Å². The summed E-state index contributed by atoms with van der Waals surface area (Å²) < 4.78 is 14.2. The number of H-pyrrole nitrogens is 2. The number of quaternary nitrogens is 2. The number of hydrogen-bond donors (Lipinski definition) is 2. The van der Waals surface area contributed by atoms with Crippen LogP contribution >= 0.6 is 0 Å². The zero-order valence-electron chi connectivity index (χ0n) is 33.6. The van der Waals surface area contributed by atoms with Crippen LogP contribution < -0.4 is 18.4 Å². The third-order valence-electron chi connectivity index (χ3n) is 10.3. The van der Waals surface area contributed by atoms with E-state index in [2.05, 4.69) is 161 Å². The molecule has 2 aliphatic rings. The second-order valence-corrected chi connectivity index (χ2v) is 16.5. The van der Waals surface area contributed by atoms with Gasteiger partial charge >= 0.3 is 0 Å². The van der Waals surface area contributed by atoms with Crippen LogP contribution in [0.5, 0.6) is 23.0 Å². The van der Waals surface area contributed by atoms with E-state index in [0.717, 1.165) is 99.1 Å². The molecular formula is C50H46N6O2+2. The molecule has 0 saturated carbocycles. The van der Waals surface area contributed by atoms with Crippen LogP contribution in [-0.2, 0) is 0 Å². The summed E-state index contributed by atoms with van der Waals surface area (Å²) in [5, 5.41) is 0. The highest BCUT2D eigenvalue weighted by atomic mass is 16.5. The van der Waals surface area contributed by atoms with E-state index in [-0.39, 0.29) is 0 Å². The standard InChI is InChI=1S/C50H46N6O2/c1-55(2,3)39-17-21-41(22-18-39)57-43-11-7-9-33(29-43)49-45-25-13-35(51-45)31-37-15-27-47(53-37)50(48-28-16-38(54-48)32-36-14-26-46(49)52-36)34-10-8-12-44(30-34)58-42-23-19-40(20-24-42)56(4,5)6/h7-32,51,54H,1-6H3/q+2. The third kappa shape index (κ3) is 7.71. The summed E-state index contributed by atoms with van der Waals surface area (Å²) in [6.07, 6.45) is 8.27. The number of aromatic amines is 2. The topological polar surface area (TPSA) is 75.8 Å². The number of rotatable bonds is 8. The second-order valence-electron chi connectivity index (χ2n) is 16.5. The molecule has 0 amide bonds. The second kappa shape index (κ2) is 14.5. The van der Waals surface area contributed by atoms with Gasteiger partial charge in [-0.3, -0.25) is 8.97 Å². The molecule has 2 N–H and O–H groups in total. The lowest BCUT2D eigenvalue weighted by molar-refractivity contribution is 0.473. The smallest absolute Gasteiger partial charge is 0.132 e. The number of ether oxygens (including phenoxy) is 2. The Morgan fingerprint density at radius 2 is 0.828 bits per heavy atom. The zero-order chi connectivity index (χ0) is 40.0. The summed E-state index contributed by atoms with van der Waals surface area (Å²) >= 11 is 0. The van der Waals surface area contributed by atoms with Crippen LogP contribution in [0.1, 0.15) is 22.8 Å². The van der Waals surface area contributed by atoms with Gasteiger partial charge in [0.05, 0.1) is 65.1 Å². The van der Waals surface area contributed by atoms with E-state index in [0.29, 0.717) is 0 Å². The molecule has 8 bridgehead atoms. The summed E-state index contributed by atoms with van der Waals surface area (Å²) in [7, 11) is 12.9. The number of hydrogen-bond acceptors (Lipinski definition) is 4. The van der Waals surface area contributed by atoms with Crippen LogP contribution in [0.4, 0.5) is 11.4 Å². The van der Waals surface area contributed by atoms with Gasteiger partial charge in [-0.05, 0) is 120 Å². The Balaban J connectivity index is 1.13. The van der Waals surface area contributed by atoms with Crippen molar-refractivity contribution in [3.8, 4) is 45.3 Å². The van der Waals surface area contributed by atoms with Gasteiger partial charge < -0.3 is 19.4 Å². The van der Waals surface area contributed by atoms with Crippen molar-refractivity contribution < 1.29 is 9.47 Å². The first kappa shape index (κ1) is 36.6. The van der Waals surface area contributed by atoms with Gasteiger partial charge in [0.2, 0.25) is 0 Å².